The Morgan fingerprint density at radius 3 is 1.50 bits per heavy atom. The van der Waals surface area contributed by atoms with E-state index < -0.39 is 0 Å². The summed E-state index contributed by atoms with van der Waals surface area (Å²) in [5.74, 6) is 1.36. The van der Waals surface area contributed by atoms with Crippen LogP contribution in [0.1, 0.15) is 27.7 Å². The monoisotopic (exact) mass is 141 g/mol. The van der Waals surface area contributed by atoms with Crippen LogP contribution in [0.2, 0.25) is 5.31 Å². The van der Waals surface area contributed by atoms with E-state index in [1.807, 2.05) is 0 Å². The van der Waals surface area contributed by atoms with Gasteiger partial charge in [-0.25, -0.2) is 0 Å². The molecule has 1 nitrogen and oxygen atoms in total. The van der Waals surface area contributed by atoms with E-state index in [-0.39, 0.29) is 0 Å². The molecule has 2 N–H and O–H groups in total. The first-order valence-corrected chi connectivity index (χ1v) is 4.15. The van der Waals surface area contributed by atoms with Gasteiger partial charge in [-0.05, 0) is 23.7 Å². The normalized spacial score (nSPS) is 13.1. The maximum absolute atomic E-state index is 5.71. The van der Waals surface area contributed by atoms with Gasteiger partial charge >= 0.3 is 0 Å². The summed E-state index contributed by atoms with van der Waals surface area (Å²) in [5.41, 5.74) is 5.71. The molecule has 0 unspecified atom stereocenters. The minimum Gasteiger partial charge on any atom is -0.331 e. The van der Waals surface area contributed by atoms with E-state index in [0.717, 1.165) is 6.54 Å². The first kappa shape index (κ1) is 10.0. The van der Waals surface area contributed by atoms with Gasteiger partial charge < -0.3 is 5.73 Å². The molecule has 0 radical (unpaired) electrons. The summed E-state index contributed by atoms with van der Waals surface area (Å²) in [4.78, 5) is 0. The van der Waals surface area contributed by atoms with Crippen molar-refractivity contribution in [2.45, 2.75) is 33.0 Å². The Balaban J connectivity index is 4.23. The molecule has 60 valence electrons. The predicted octanol–water partition coefficient (Wildman–Crippen LogP) is 1.05. The lowest BCUT2D eigenvalue weighted by molar-refractivity contribution is 0.320. The SMILES string of the molecule is BC(CN)(C(C)C)C(C)C. The molecule has 0 aliphatic heterocycles. The fourth-order valence-corrected chi connectivity index (χ4v) is 1.14. The molecule has 10 heavy (non-hydrogen) atoms. The number of hydrogen-bond acceptors (Lipinski definition) is 1. The average Bonchev–Trinajstić information content (AvgIpc) is 1.85. The topological polar surface area (TPSA) is 26.0 Å². The standard InChI is InChI=1S/C8H20BN/c1-6(2)8(9,5-10)7(3)4/h6-7H,5,9-10H2,1-4H3. The van der Waals surface area contributed by atoms with E-state index >= 15 is 0 Å². The van der Waals surface area contributed by atoms with Gasteiger partial charge in [-0.15, -0.1) is 0 Å². The van der Waals surface area contributed by atoms with E-state index in [0.29, 0.717) is 17.2 Å². The van der Waals surface area contributed by atoms with Gasteiger partial charge in [0.1, 0.15) is 7.85 Å². The number of hydrogen-bond donors (Lipinski definition) is 1. The van der Waals surface area contributed by atoms with Gasteiger partial charge in [-0.2, -0.15) is 0 Å². The Labute approximate surface area is 65.8 Å². The maximum Gasteiger partial charge on any atom is 0.111 e. The van der Waals surface area contributed by atoms with Crippen molar-refractivity contribution < 1.29 is 0 Å². The molecule has 0 heterocycles. The van der Waals surface area contributed by atoms with E-state index in [9.17, 15) is 0 Å². The van der Waals surface area contributed by atoms with Crippen molar-refractivity contribution in [3.63, 3.8) is 0 Å². The van der Waals surface area contributed by atoms with Gasteiger partial charge in [0.15, 0.2) is 0 Å². The molecule has 0 aromatic carbocycles. The lowest BCUT2D eigenvalue weighted by Gasteiger charge is -2.36. The highest BCUT2D eigenvalue weighted by Crippen LogP contribution is 2.38. The zero-order valence-corrected chi connectivity index (χ0v) is 7.94. The maximum atomic E-state index is 5.71. The molecule has 0 aliphatic carbocycles. The second-order valence-electron chi connectivity index (χ2n) is 4.02. The van der Waals surface area contributed by atoms with Crippen molar-refractivity contribution in [2.75, 3.05) is 6.54 Å². The Morgan fingerprint density at radius 2 is 1.50 bits per heavy atom. The van der Waals surface area contributed by atoms with Crippen molar-refractivity contribution in [1.82, 2.24) is 0 Å². The molecular formula is C8H20BN. The second kappa shape index (κ2) is 3.43. The minimum atomic E-state index is 0.319. The lowest BCUT2D eigenvalue weighted by atomic mass is 9.55. The smallest absolute Gasteiger partial charge is 0.111 e. The Morgan fingerprint density at radius 1 is 1.20 bits per heavy atom. The highest BCUT2D eigenvalue weighted by atomic mass is 14.6. The van der Waals surface area contributed by atoms with Crippen molar-refractivity contribution in [3.05, 3.63) is 0 Å². The van der Waals surface area contributed by atoms with Crippen molar-refractivity contribution in [1.29, 1.82) is 0 Å². The third kappa shape index (κ3) is 1.75. The molecule has 0 rings (SSSR count). The fraction of sp³-hybridized carbons (Fsp3) is 1.00. The third-order valence-electron chi connectivity index (χ3n) is 3.08. The summed E-state index contributed by atoms with van der Waals surface area (Å²) < 4.78 is 0. The van der Waals surface area contributed by atoms with Crippen LogP contribution >= 0.6 is 0 Å². The predicted molar refractivity (Wildman–Crippen MR) is 50.0 cm³/mol. The van der Waals surface area contributed by atoms with Crippen LogP contribution in [0.5, 0.6) is 0 Å². The Bertz CT molecular complexity index is 91.4. The van der Waals surface area contributed by atoms with Gasteiger partial charge in [0.05, 0.1) is 0 Å². The molecule has 0 aromatic rings. The van der Waals surface area contributed by atoms with Crippen molar-refractivity contribution >= 4 is 7.85 Å². The van der Waals surface area contributed by atoms with Crippen LogP contribution < -0.4 is 5.73 Å². The summed E-state index contributed by atoms with van der Waals surface area (Å²) in [6, 6.07) is 0. The second-order valence-corrected chi connectivity index (χ2v) is 4.02. The summed E-state index contributed by atoms with van der Waals surface area (Å²) >= 11 is 0. The van der Waals surface area contributed by atoms with Crippen LogP contribution in [0.25, 0.3) is 0 Å². The van der Waals surface area contributed by atoms with E-state index in [1.165, 1.54) is 0 Å². The molecule has 0 aliphatic rings. The summed E-state index contributed by atoms with van der Waals surface area (Å²) in [6.45, 7) is 9.77. The summed E-state index contributed by atoms with van der Waals surface area (Å²) in [7, 11) is 2.27. The molecule has 0 aromatic heterocycles. The van der Waals surface area contributed by atoms with Crippen LogP contribution in [0, 0.1) is 11.8 Å². The van der Waals surface area contributed by atoms with Gasteiger partial charge in [-0.3, -0.25) is 0 Å². The number of rotatable bonds is 3. The van der Waals surface area contributed by atoms with Gasteiger partial charge in [0.2, 0.25) is 0 Å². The van der Waals surface area contributed by atoms with Crippen LogP contribution in [0.3, 0.4) is 0 Å². The zero-order chi connectivity index (χ0) is 8.36. The first-order chi connectivity index (χ1) is 4.45. The zero-order valence-electron chi connectivity index (χ0n) is 7.94. The average molecular weight is 141 g/mol. The molecule has 0 saturated carbocycles. The quantitative estimate of drug-likeness (QED) is 0.584. The molecule has 0 bridgehead atoms. The van der Waals surface area contributed by atoms with Crippen molar-refractivity contribution in [2.24, 2.45) is 17.6 Å². The highest BCUT2D eigenvalue weighted by Gasteiger charge is 2.29. The summed E-state index contributed by atoms with van der Waals surface area (Å²) in [6.07, 6.45) is 0. The third-order valence-corrected chi connectivity index (χ3v) is 3.08. The fourth-order valence-electron chi connectivity index (χ4n) is 1.14. The van der Waals surface area contributed by atoms with Gasteiger partial charge in [0, 0.05) is 0 Å². The summed E-state index contributed by atoms with van der Waals surface area (Å²) in [5, 5.41) is 0.319. The van der Waals surface area contributed by atoms with Crippen LogP contribution in [-0.4, -0.2) is 14.4 Å². The van der Waals surface area contributed by atoms with Gasteiger partial charge in [-0.1, -0.05) is 27.7 Å². The minimum absolute atomic E-state index is 0.319. The largest absolute Gasteiger partial charge is 0.331 e. The molecule has 0 spiro atoms. The van der Waals surface area contributed by atoms with E-state index in [1.54, 1.807) is 0 Å². The van der Waals surface area contributed by atoms with E-state index in [2.05, 4.69) is 35.5 Å². The van der Waals surface area contributed by atoms with Crippen LogP contribution in [0.4, 0.5) is 0 Å². The molecule has 0 saturated heterocycles. The Hall–Kier alpha value is 0.0249. The van der Waals surface area contributed by atoms with Crippen LogP contribution in [0.15, 0.2) is 0 Å². The highest BCUT2D eigenvalue weighted by molar-refractivity contribution is 6.15. The Kier molecular flexibility index (Phi) is 3.43. The lowest BCUT2D eigenvalue weighted by Crippen LogP contribution is -2.33. The molecule has 2 heteroatoms. The van der Waals surface area contributed by atoms with E-state index in [4.69, 9.17) is 5.73 Å². The number of nitrogens with two attached hydrogens (primary N) is 1. The molecule has 0 fully saturated rings. The van der Waals surface area contributed by atoms with Gasteiger partial charge in [0.25, 0.3) is 0 Å². The first-order valence-electron chi connectivity index (χ1n) is 4.15. The molecule has 0 atom stereocenters. The van der Waals surface area contributed by atoms with Crippen LogP contribution in [-0.2, 0) is 0 Å². The molecule has 0 amide bonds. The van der Waals surface area contributed by atoms with Crippen molar-refractivity contribution in [3.8, 4) is 0 Å². The molecular weight excluding hydrogens is 121 g/mol.